The molecular formula is C14H19NO5S. The maximum Gasteiger partial charge on any atom is 0.231 e. The molecule has 0 aromatic heterocycles. The zero-order chi connectivity index (χ0) is 15.3. The molecule has 0 saturated heterocycles. The van der Waals surface area contributed by atoms with Crippen molar-refractivity contribution in [1.29, 1.82) is 0 Å². The van der Waals surface area contributed by atoms with Crippen molar-refractivity contribution in [3.8, 4) is 11.5 Å². The van der Waals surface area contributed by atoms with Crippen LogP contribution in [0.25, 0.3) is 0 Å². The summed E-state index contributed by atoms with van der Waals surface area (Å²) in [5, 5.41) is 9.08. The number of nitrogens with two attached hydrogens (primary N) is 1. The van der Waals surface area contributed by atoms with Crippen molar-refractivity contribution in [1.82, 2.24) is 0 Å². The fraction of sp³-hybridized carbons (Fsp3) is 0.571. The summed E-state index contributed by atoms with van der Waals surface area (Å²) in [6.45, 7) is 1.67. The standard InChI is InChI=1S/C14H19NO5S/c1-2-21(17,18)13-12(14(13,6-15)7-16)9-3-4-10-11(5-9)20-8-19-10/h3-5,12-13,16H,2,6-8,15H2,1H3/t12-,13-,14+/m1/s1. The Kier molecular flexibility index (Phi) is 3.38. The molecule has 3 N–H and O–H groups in total. The van der Waals surface area contributed by atoms with E-state index in [2.05, 4.69) is 0 Å². The molecule has 1 aliphatic heterocycles. The Bertz CT molecular complexity index is 653. The van der Waals surface area contributed by atoms with Gasteiger partial charge in [0.2, 0.25) is 6.79 Å². The van der Waals surface area contributed by atoms with Crippen LogP contribution >= 0.6 is 0 Å². The lowest BCUT2D eigenvalue weighted by molar-refractivity contribution is 0.174. The maximum absolute atomic E-state index is 12.3. The fourth-order valence-electron chi connectivity index (χ4n) is 3.31. The van der Waals surface area contributed by atoms with Crippen molar-refractivity contribution in [2.24, 2.45) is 11.1 Å². The smallest absolute Gasteiger partial charge is 0.231 e. The van der Waals surface area contributed by atoms with E-state index in [9.17, 15) is 13.5 Å². The highest BCUT2D eigenvalue weighted by molar-refractivity contribution is 7.92. The fourth-order valence-corrected chi connectivity index (χ4v) is 5.46. The molecule has 3 rings (SSSR count). The SMILES string of the molecule is CCS(=O)(=O)[C@@H]1[C@@H](c2ccc3c(c2)OCO3)[C@]1(CN)CO. The molecule has 0 spiro atoms. The van der Waals surface area contributed by atoms with Gasteiger partial charge in [0.25, 0.3) is 0 Å². The van der Waals surface area contributed by atoms with Gasteiger partial charge in [0, 0.05) is 23.6 Å². The van der Waals surface area contributed by atoms with Gasteiger partial charge < -0.3 is 20.3 Å². The Labute approximate surface area is 123 Å². The third-order valence-electron chi connectivity index (χ3n) is 4.60. The Balaban J connectivity index is 2.01. The summed E-state index contributed by atoms with van der Waals surface area (Å²) in [7, 11) is -3.28. The third-order valence-corrected chi connectivity index (χ3v) is 6.92. The van der Waals surface area contributed by atoms with Gasteiger partial charge in [-0.1, -0.05) is 13.0 Å². The van der Waals surface area contributed by atoms with Crippen LogP contribution in [0.2, 0.25) is 0 Å². The summed E-state index contributed by atoms with van der Waals surface area (Å²) in [5.74, 6) is 1.00. The van der Waals surface area contributed by atoms with Gasteiger partial charge in [0.15, 0.2) is 21.3 Å². The Morgan fingerprint density at radius 3 is 2.71 bits per heavy atom. The predicted molar refractivity (Wildman–Crippen MR) is 77.1 cm³/mol. The van der Waals surface area contributed by atoms with Crippen molar-refractivity contribution < 1.29 is 23.0 Å². The first-order valence-electron chi connectivity index (χ1n) is 6.92. The van der Waals surface area contributed by atoms with Gasteiger partial charge >= 0.3 is 0 Å². The van der Waals surface area contributed by atoms with Crippen LogP contribution < -0.4 is 15.2 Å². The number of fused-ring (bicyclic) bond motifs is 1. The molecule has 0 unspecified atom stereocenters. The molecular weight excluding hydrogens is 294 g/mol. The lowest BCUT2D eigenvalue weighted by atomic mass is 10.00. The zero-order valence-electron chi connectivity index (χ0n) is 11.8. The van der Waals surface area contributed by atoms with E-state index in [0.29, 0.717) is 11.5 Å². The summed E-state index contributed by atoms with van der Waals surface area (Å²) in [6, 6.07) is 5.38. The lowest BCUT2D eigenvalue weighted by Gasteiger charge is -2.11. The van der Waals surface area contributed by atoms with E-state index in [1.807, 2.05) is 6.07 Å². The van der Waals surface area contributed by atoms with Crippen LogP contribution in [0.3, 0.4) is 0 Å². The van der Waals surface area contributed by atoms with Crippen molar-refractivity contribution >= 4 is 9.84 Å². The minimum absolute atomic E-state index is 0.0421. The number of hydrogen-bond acceptors (Lipinski definition) is 6. The summed E-state index contributed by atoms with van der Waals surface area (Å²) < 4.78 is 35.2. The van der Waals surface area contributed by atoms with E-state index in [4.69, 9.17) is 15.2 Å². The second-order valence-electron chi connectivity index (χ2n) is 5.56. The Morgan fingerprint density at radius 1 is 1.38 bits per heavy atom. The molecule has 0 bridgehead atoms. The highest BCUT2D eigenvalue weighted by atomic mass is 32.2. The number of aliphatic hydroxyl groups excluding tert-OH is 1. The van der Waals surface area contributed by atoms with Crippen LogP contribution in [0.4, 0.5) is 0 Å². The van der Waals surface area contributed by atoms with Crippen molar-refractivity contribution in [2.75, 3.05) is 25.7 Å². The molecule has 0 amide bonds. The third kappa shape index (κ3) is 2.03. The molecule has 3 atom stereocenters. The number of hydrogen-bond donors (Lipinski definition) is 2. The molecule has 7 heteroatoms. The van der Waals surface area contributed by atoms with Crippen LogP contribution in [0.5, 0.6) is 11.5 Å². The van der Waals surface area contributed by atoms with E-state index < -0.39 is 20.5 Å². The van der Waals surface area contributed by atoms with Gasteiger partial charge in [-0.25, -0.2) is 8.42 Å². The topological polar surface area (TPSA) is 98.9 Å². The molecule has 1 fully saturated rings. The molecule has 1 saturated carbocycles. The van der Waals surface area contributed by atoms with Gasteiger partial charge in [-0.15, -0.1) is 0 Å². The highest BCUT2D eigenvalue weighted by Gasteiger charge is 2.69. The predicted octanol–water partition coefficient (Wildman–Crippen LogP) is 0.253. The van der Waals surface area contributed by atoms with Gasteiger partial charge in [-0.05, 0) is 17.7 Å². The molecule has 6 nitrogen and oxygen atoms in total. The van der Waals surface area contributed by atoms with Gasteiger partial charge in [-0.2, -0.15) is 0 Å². The van der Waals surface area contributed by atoms with Crippen LogP contribution in [-0.4, -0.2) is 44.5 Å². The average molecular weight is 313 g/mol. The molecule has 1 aromatic rings. The van der Waals surface area contributed by atoms with E-state index in [1.54, 1.807) is 19.1 Å². The molecule has 2 aliphatic rings. The van der Waals surface area contributed by atoms with E-state index in [0.717, 1.165) is 5.56 Å². The minimum Gasteiger partial charge on any atom is -0.454 e. The summed E-state index contributed by atoms with van der Waals surface area (Å²) in [6.07, 6.45) is 0. The Hall–Kier alpha value is -1.31. The monoisotopic (exact) mass is 313 g/mol. The summed E-state index contributed by atoms with van der Waals surface area (Å²) in [5.41, 5.74) is 5.81. The van der Waals surface area contributed by atoms with Gasteiger partial charge in [-0.3, -0.25) is 0 Å². The molecule has 21 heavy (non-hydrogen) atoms. The minimum atomic E-state index is -3.28. The quantitative estimate of drug-likeness (QED) is 0.808. The maximum atomic E-state index is 12.3. The van der Waals surface area contributed by atoms with E-state index in [1.165, 1.54) is 0 Å². The van der Waals surface area contributed by atoms with E-state index >= 15 is 0 Å². The number of ether oxygens (including phenoxy) is 2. The van der Waals surface area contributed by atoms with E-state index in [-0.39, 0.29) is 31.6 Å². The van der Waals surface area contributed by atoms with Crippen LogP contribution in [0.1, 0.15) is 18.4 Å². The largest absolute Gasteiger partial charge is 0.454 e. The van der Waals surface area contributed by atoms with Gasteiger partial charge in [0.05, 0.1) is 11.9 Å². The lowest BCUT2D eigenvalue weighted by Crippen LogP contribution is -2.28. The Morgan fingerprint density at radius 2 is 2.10 bits per heavy atom. The summed E-state index contributed by atoms with van der Waals surface area (Å²) >= 11 is 0. The number of rotatable bonds is 5. The second-order valence-corrected chi connectivity index (χ2v) is 7.97. The first-order chi connectivity index (χ1) is 10.00. The highest BCUT2D eigenvalue weighted by Crippen LogP contribution is 2.62. The molecule has 1 aliphatic carbocycles. The average Bonchev–Trinajstić information content (AvgIpc) is 2.98. The number of sulfone groups is 1. The molecule has 116 valence electrons. The second kappa shape index (κ2) is 4.86. The zero-order valence-corrected chi connectivity index (χ0v) is 12.6. The molecule has 1 heterocycles. The number of benzene rings is 1. The first kappa shape index (κ1) is 14.6. The van der Waals surface area contributed by atoms with Crippen molar-refractivity contribution in [3.05, 3.63) is 23.8 Å². The molecule has 0 radical (unpaired) electrons. The van der Waals surface area contributed by atoms with Gasteiger partial charge in [0.1, 0.15) is 0 Å². The molecule has 1 aromatic carbocycles. The first-order valence-corrected chi connectivity index (χ1v) is 8.63. The van der Waals surface area contributed by atoms with Crippen LogP contribution in [-0.2, 0) is 9.84 Å². The van der Waals surface area contributed by atoms with Crippen LogP contribution in [0, 0.1) is 5.41 Å². The van der Waals surface area contributed by atoms with Crippen molar-refractivity contribution in [2.45, 2.75) is 18.1 Å². The normalized spacial score (nSPS) is 30.4. The van der Waals surface area contributed by atoms with Crippen LogP contribution in [0.15, 0.2) is 18.2 Å². The number of aliphatic hydroxyl groups is 1. The summed E-state index contributed by atoms with van der Waals surface area (Å²) in [4.78, 5) is 0. The van der Waals surface area contributed by atoms with Crippen molar-refractivity contribution in [3.63, 3.8) is 0 Å².